The van der Waals surface area contributed by atoms with Crippen molar-refractivity contribution in [3.05, 3.63) is 32.1 Å². The molecule has 0 spiro atoms. The Labute approximate surface area is 144 Å². The van der Waals surface area contributed by atoms with Gasteiger partial charge in [-0.05, 0) is 20.8 Å². The Hall–Kier alpha value is -1.25. The first kappa shape index (κ1) is 18.5. The molecule has 0 radical (unpaired) electrons. The number of rotatable bonds is 6. The van der Waals surface area contributed by atoms with Crippen molar-refractivity contribution in [3.8, 4) is 0 Å². The SMILES string of the molecule is CCOP(=O)(CC1c2c(C)c(=O)[nH]c(=O)n2[C@H]2CC(O)[C@@H]1O2)OCC. The predicted octanol–water partition coefficient (Wildman–Crippen LogP) is 0.857. The van der Waals surface area contributed by atoms with E-state index in [0.717, 1.165) is 0 Å². The molecule has 9 nitrogen and oxygen atoms in total. The molecule has 0 aliphatic carbocycles. The molecule has 25 heavy (non-hydrogen) atoms. The molecule has 0 aromatic carbocycles. The molecule has 1 aromatic heterocycles. The highest BCUT2D eigenvalue weighted by Crippen LogP contribution is 2.55. The molecule has 10 heteroatoms. The molecule has 140 valence electrons. The molecule has 1 fully saturated rings. The summed E-state index contributed by atoms with van der Waals surface area (Å²) in [5.74, 6) is -0.646. The molecule has 0 saturated carbocycles. The molecule has 1 saturated heterocycles. The van der Waals surface area contributed by atoms with E-state index in [1.54, 1.807) is 20.8 Å². The number of H-pyrrole nitrogens is 1. The van der Waals surface area contributed by atoms with Crippen molar-refractivity contribution < 1.29 is 23.5 Å². The third kappa shape index (κ3) is 3.15. The topological polar surface area (TPSA) is 120 Å². The quantitative estimate of drug-likeness (QED) is 0.709. The molecule has 2 unspecified atom stereocenters. The maximum atomic E-state index is 13.0. The van der Waals surface area contributed by atoms with Gasteiger partial charge < -0.3 is 18.9 Å². The highest BCUT2D eigenvalue weighted by atomic mass is 31.2. The molecule has 2 N–H and O–H groups in total. The van der Waals surface area contributed by atoms with Gasteiger partial charge in [0, 0.05) is 23.6 Å². The van der Waals surface area contributed by atoms with E-state index in [1.807, 2.05) is 0 Å². The number of aromatic amines is 1. The standard InChI is InChI=1S/C15H23N2O7P/c1-4-22-25(21,23-5-2)7-9-12-8(3)14(19)16-15(20)17(12)11-6-10(18)13(9)24-11/h9-11,13,18H,4-7H2,1-3H3,(H,16,19,20)/t9?,10?,11-,13-/m1/s1. The van der Waals surface area contributed by atoms with Crippen molar-refractivity contribution in [1.82, 2.24) is 9.55 Å². The lowest BCUT2D eigenvalue weighted by molar-refractivity contribution is -0.0550. The minimum absolute atomic E-state index is 0.0765. The number of aliphatic hydroxyl groups is 1. The molecular formula is C15H23N2O7P. The maximum Gasteiger partial charge on any atom is 0.331 e. The molecule has 3 heterocycles. The minimum atomic E-state index is -3.47. The zero-order valence-corrected chi connectivity index (χ0v) is 15.3. The van der Waals surface area contributed by atoms with Crippen LogP contribution in [0.3, 0.4) is 0 Å². The fourth-order valence-electron chi connectivity index (χ4n) is 3.72. The Bertz CT molecular complexity index is 807. The van der Waals surface area contributed by atoms with Gasteiger partial charge in [0.1, 0.15) is 6.23 Å². The number of nitrogens with zero attached hydrogens (tertiary/aromatic N) is 1. The number of hydrogen-bond acceptors (Lipinski definition) is 7. The average Bonchev–Trinajstić information content (AvgIpc) is 2.85. The minimum Gasteiger partial charge on any atom is -0.390 e. The summed E-state index contributed by atoms with van der Waals surface area (Å²) in [6.07, 6.45) is -1.99. The van der Waals surface area contributed by atoms with E-state index in [4.69, 9.17) is 13.8 Å². The summed E-state index contributed by atoms with van der Waals surface area (Å²) in [7, 11) is -3.47. The van der Waals surface area contributed by atoms with Gasteiger partial charge in [0.25, 0.3) is 5.56 Å². The Kier molecular flexibility index (Phi) is 5.05. The number of hydrogen-bond donors (Lipinski definition) is 2. The second-order valence-electron chi connectivity index (χ2n) is 6.23. The van der Waals surface area contributed by atoms with E-state index in [2.05, 4.69) is 4.98 Å². The van der Waals surface area contributed by atoms with Gasteiger partial charge >= 0.3 is 13.3 Å². The normalized spacial score (nSPS) is 28.2. The summed E-state index contributed by atoms with van der Waals surface area (Å²) < 4.78 is 30.8. The first-order valence-corrected chi connectivity index (χ1v) is 10.1. The van der Waals surface area contributed by atoms with Gasteiger partial charge in [0.15, 0.2) is 0 Å². The Balaban J connectivity index is 2.13. The van der Waals surface area contributed by atoms with Gasteiger partial charge in [0.05, 0.1) is 31.6 Å². The fraction of sp³-hybridized carbons (Fsp3) is 0.733. The number of ether oxygens (including phenoxy) is 1. The predicted molar refractivity (Wildman–Crippen MR) is 89.1 cm³/mol. The van der Waals surface area contributed by atoms with Crippen LogP contribution in [0.5, 0.6) is 0 Å². The summed E-state index contributed by atoms with van der Waals surface area (Å²) in [6.45, 7) is 5.40. The molecule has 1 aromatic rings. The largest absolute Gasteiger partial charge is 0.390 e. The van der Waals surface area contributed by atoms with Crippen molar-refractivity contribution in [2.24, 2.45) is 0 Å². The molecule has 2 aliphatic heterocycles. The third-order valence-electron chi connectivity index (χ3n) is 4.67. The molecule has 2 bridgehead atoms. The van der Waals surface area contributed by atoms with Crippen LogP contribution in [0.1, 0.15) is 43.7 Å². The monoisotopic (exact) mass is 374 g/mol. The number of nitrogens with one attached hydrogen (secondary N) is 1. The van der Waals surface area contributed by atoms with Crippen molar-refractivity contribution in [2.45, 2.75) is 51.5 Å². The summed E-state index contributed by atoms with van der Waals surface area (Å²) in [5.41, 5.74) is -0.321. The van der Waals surface area contributed by atoms with Crippen LogP contribution in [0.2, 0.25) is 0 Å². The van der Waals surface area contributed by atoms with Crippen molar-refractivity contribution >= 4 is 7.60 Å². The van der Waals surface area contributed by atoms with Crippen LogP contribution in [0.4, 0.5) is 0 Å². The number of aromatic nitrogens is 2. The Morgan fingerprint density at radius 2 is 1.96 bits per heavy atom. The van der Waals surface area contributed by atoms with Crippen LogP contribution in [0.15, 0.2) is 9.59 Å². The zero-order valence-electron chi connectivity index (χ0n) is 14.4. The molecule has 0 amide bonds. The highest BCUT2D eigenvalue weighted by molar-refractivity contribution is 7.53. The van der Waals surface area contributed by atoms with E-state index >= 15 is 0 Å². The number of aliphatic hydroxyl groups excluding tert-OH is 1. The van der Waals surface area contributed by atoms with Gasteiger partial charge in [0.2, 0.25) is 0 Å². The summed E-state index contributed by atoms with van der Waals surface area (Å²) in [5, 5.41) is 10.3. The van der Waals surface area contributed by atoms with Gasteiger partial charge in [-0.25, -0.2) is 4.79 Å². The van der Waals surface area contributed by atoms with Gasteiger partial charge in [-0.15, -0.1) is 0 Å². The van der Waals surface area contributed by atoms with E-state index < -0.39 is 43.2 Å². The number of fused-ring (bicyclic) bond motifs is 4. The average molecular weight is 374 g/mol. The Morgan fingerprint density at radius 3 is 2.56 bits per heavy atom. The zero-order chi connectivity index (χ0) is 18.4. The fourth-order valence-corrected chi connectivity index (χ4v) is 5.66. The van der Waals surface area contributed by atoms with Crippen molar-refractivity contribution in [2.75, 3.05) is 19.4 Å². The smallest absolute Gasteiger partial charge is 0.331 e. The summed E-state index contributed by atoms with van der Waals surface area (Å²) in [4.78, 5) is 26.7. The highest BCUT2D eigenvalue weighted by Gasteiger charge is 2.50. The molecule has 2 aliphatic rings. The van der Waals surface area contributed by atoms with Crippen LogP contribution in [0, 0.1) is 6.92 Å². The first-order valence-electron chi connectivity index (χ1n) is 8.38. The Morgan fingerprint density at radius 1 is 1.32 bits per heavy atom. The third-order valence-corrected chi connectivity index (χ3v) is 6.81. The first-order chi connectivity index (χ1) is 11.8. The lowest BCUT2D eigenvalue weighted by Gasteiger charge is -2.35. The van der Waals surface area contributed by atoms with Crippen LogP contribution >= 0.6 is 7.60 Å². The summed E-state index contributed by atoms with van der Waals surface area (Å²) >= 11 is 0. The molecule has 3 rings (SSSR count). The van der Waals surface area contributed by atoms with Crippen LogP contribution < -0.4 is 11.2 Å². The van der Waals surface area contributed by atoms with Crippen molar-refractivity contribution in [3.63, 3.8) is 0 Å². The van der Waals surface area contributed by atoms with Crippen LogP contribution in [-0.2, 0) is 18.3 Å². The second kappa shape index (κ2) is 6.81. The van der Waals surface area contributed by atoms with Crippen LogP contribution in [-0.4, -0.2) is 46.2 Å². The summed E-state index contributed by atoms with van der Waals surface area (Å²) in [6, 6.07) is 0. The van der Waals surface area contributed by atoms with Gasteiger partial charge in [-0.3, -0.25) is 18.9 Å². The van der Waals surface area contributed by atoms with Crippen LogP contribution in [0.25, 0.3) is 0 Å². The van der Waals surface area contributed by atoms with E-state index in [-0.39, 0.29) is 25.8 Å². The van der Waals surface area contributed by atoms with E-state index in [0.29, 0.717) is 11.3 Å². The second-order valence-corrected chi connectivity index (χ2v) is 8.34. The van der Waals surface area contributed by atoms with E-state index in [1.165, 1.54) is 4.57 Å². The van der Waals surface area contributed by atoms with Gasteiger partial charge in [-0.2, -0.15) is 0 Å². The van der Waals surface area contributed by atoms with Gasteiger partial charge in [-0.1, -0.05) is 0 Å². The van der Waals surface area contributed by atoms with E-state index in [9.17, 15) is 19.3 Å². The molecular weight excluding hydrogens is 351 g/mol. The van der Waals surface area contributed by atoms with Crippen molar-refractivity contribution in [1.29, 1.82) is 0 Å². The maximum absolute atomic E-state index is 13.0. The lowest BCUT2D eigenvalue weighted by Crippen LogP contribution is -2.44. The molecule has 4 atom stereocenters. The lowest BCUT2D eigenvalue weighted by atomic mass is 9.94.